The molecular weight excluding hydrogens is 430 g/mol. The van der Waals surface area contributed by atoms with Gasteiger partial charge in [0.15, 0.2) is 0 Å². The predicted octanol–water partition coefficient (Wildman–Crippen LogP) is 7.14. The normalized spacial score (nSPS) is 14.9. The maximum Gasteiger partial charge on any atom is 0.322 e. The highest BCUT2D eigenvalue weighted by Crippen LogP contribution is 2.37. The molecule has 4 aromatic rings. The number of amides is 2. The van der Waals surface area contributed by atoms with E-state index >= 15 is 0 Å². The molecule has 0 aliphatic carbocycles. The van der Waals surface area contributed by atoms with Crippen LogP contribution in [0.4, 0.5) is 10.5 Å². The first-order chi connectivity index (χ1) is 16.0. The highest BCUT2D eigenvalue weighted by Gasteiger charge is 2.33. The number of fused-ring (bicyclic) bond motifs is 3. The van der Waals surface area contributed by atoms with Crippen LogP contribution < -0.4 is 5.32 Å². The van der Waals surface area contributed by atoms with Gasteiger partial charge >= 0.3 is 6.03 Å². The lowest BCUT2D eigenvalue weighted by molar-refractivity contribution is 0.194. The van der Waals surface area contributed by atoms with E-state index in [1.807, 2.05) is 42.2 Å². The summed E-state index contributed by atoms with van der Waals surface area (Å²) in [7, 11) is 0. The topological polar surface area (TPSA) is 37.3 Å². The van der Waals surface area contributed by atoms with Gasteiger partial charge in [0.1, 0.15) is 0 Å². The molecule has 0 saturated carbocycles. The van der Waals surface area contributed by atoms with E-state index in [1.165, 1.54) is 5.56 Å². The number of para-hydroxylation sites is 1. The molecule has 1 aromatic heterocycles. The summed E-state index contributed by atoms with van der Waals surface area (Å²) in [6, 6.07) is 26.2. The number of nitrogens with zero attached hydrogens (tertiary/aromatic N) is 2. The van der Waals surface area contributed by atoms with Crippen molar-refractivity contribution >= 4 is 23.3 Å². The molecule has 1 aliphatic heterocycles. The second kappa shape index (κ2) is 8.80. The van der Waals surface area contributed by atoms with Gasteiger partial charge in [-0.25, -0.2) is 4.79 Å². The quantitative estimate of drug-likeness (QED) is 0.350. The van der Waals surface area contributed by atoms with Crippen molar-refractivity contribution in [2.45, 2.75) is 32.9 Å². The Kier molecular flexibility index (Phi) is 5.69. The minimum atomic E-state index is -0.237. The largest absolute Gasteiger partial charge is 0.322 e. The van der Waals surface area contributed by atoms with Crippen LogP contribution >= 0.6 is 11.6 Å². The smallest absolute Gasteiger partial charge is 0.318 e. The number of halogens is 1. The lowest BCUT2D eigenvalue weighted by atomic mass is 10.00. The van der Waals surface area contributed by atoms with Crippen molar-refractivity contribution < 1.29 is 4.79 Å². The number of nitrogens with one attached hydrogen (secondary N) is 1. The maximum absolute atomic E-state index is 13.7. The molecule has 166 valence electrons. The van der Waals surface area contributed by atoms with Crippen molar-refractivity contribution in [1.29, 1.82) is 0 Å². The molecular formula is C28H26ClN3O. The predicted molar refractivity (Wildman–Crippen MR) is 134 cm³/mol. The third-order valence-corrected chi connectivity index (χ3v) is 6.76. The summed E-state index contributed by atoms with van der Waals surface area (Å²) in [6.45, 7) is 4.59. The average Bonchev–Trinajstić information content (AvgIpc) is 3.26. The molecule has 3 aromatic carbocycles. The number of carbonyl (C=O) groups is 1. The number of benzene rings is 3. The third-order valence-electron chi connectivity index (χ3n) is 6.35. The van der Waals surface area contributed by atoms with Crippen LogP contribution in [0.2, 0.25) is 5.02 Å². The summed E-state index contributed by atoms with van der Waals surface area (Å²) < 4.78 is 2.20. The number of hydrogen-bond acceptors (Lipinski definition) is 1. The molecule has 2 heterocycles. The molecule has 5 rings (SSSR count). The third kappa shape index (κ3) is 4.03. The van der Waals surface area contributed by atoms with Crippen molar-refractivity contribution in [1.82, 2.24) is 9.47 Å². The van der Waals surface area contributed by atoms with Gasteiger partial charge in [0.2, 0.25) is 0 Å². The summed E-state index contributed by atoms with van der Waals surface area (Å²) in [6.07, 6.45) is 3.05. The van der Waals surface area contributed by atoms with Crippen molar-refractivity contribution in [3.05, 3.63) is 118 Å². The van der Waals surface area contributed by atoms with Gasteiger partial charge in [-0.15, -0.1) is 0 Å². The first-order valence-electron chi connectivity index (χ1n) is 11.2. The summed E-state index contributed by atoms with van der Waals surface area (Å²) in [5.74, 6) is 0. The Morgan fingerprint density at radius 3 is 2.58 bits per heavy atom. The molecule has 5 heteroatoms. The molecule has 0 radical (unpaired) electrons. The highest BCUT2D eigenvalue weighted by atomic mass is 35.5. The number of aromatic nitrogens is 1. The molecule has 0 fully saturated rings. The first-order valence-corrected chi connectivity index (χ1v) is 11.6. The molecule has 2 amide bonds. The highest BCUT2D eigenvalue weighted by molar-refractivity contribution is 6.31. The average molecular weight is 456 g/mol. The number of urea groups is 1. The summed E-state index contributed by atoms with van der Waals surface area (Å²) in [5.41, 5.74) is 7.27. The Balaban J connectivity index is 1.61. The van der Waals surface area contributed by atoms with Crippen molar-refractivity contribution in [3.8, 4) is 5.69 Å². The van der Waals surface area contributed by atoms with Gasteiger partial charge in [-0.05, 0) is 65.9 Å². The zero-order valence-corrected chi connectivity index (χ0v) is 19.5. The Hall–Kier alpha value is -3.50. The van der Waals surface area contributed by atoms with E-state index in [4.69, 9.17) is 11.6 Å². The lowest BCUT2D eigenvalue weighted by Crippen LogP contribution is -2.37. The molecule has 1 N–H and O–H groups in total. The molecule has 1 atom stereocenters. The van der Waals surface area contributed by atoms with Crippen molar-refractivity contribution in [2.24, 2.45) is 0 Å². The van der Waals surface area contributed by atoms with Crippen LogP contribution in [0.3, 0.4) is 0 Å². The SMILES string of the molecule is CCc1ccc([C@H]2c3cccn3-c3ccccc3CN2C(=O)Nc2ccc(C)c(Cl)c2)cc1. The Labute approximate surface area is 199 Å². The van der Waals surface area contributed by atoms with E-state index in [-0.39, 0.29) is 12.1 Å². The monoisotopic (exact) mass is 455 g/mol. The van der Waals surface area contributed by atoms with Gasteiger partial charge in [0, 0.05) is 22.6 Å². The fourth-order valence-corrected chi connectivity index (χ4v) is 4.67. The number of hydrogen-bond donors (Lipinski definition) is 1. The summed E-state index contributed by atoms with van der Waals surface area (Å²) >= 11 is 6.31. The lowest BCUT2D eigenvalue weighted by Gasteiger charge is -2.31. The van der Waals surface area contributed by atoms with E-state index < -0.39 is 0 Å². The van der Waals surface area contributed by atoms with Gasteiger partial charge in [-0.3, -0.25) is 0 Å². The second-order valence-corrected chi connectivity index (χ2v) is 8.86. The van der Waals surface area contributed by atoms with E-state index in [9.17, 15) is 4.79 Å². The molecule has 33 heavy (non-hydrogen) atoms. The van der Waals surface area contributed by atoms with Crippen molar-refractivity contribution in [2.75, 3.05) is 5.32 Å². The number of aryl methyl sites for hydroxylation is 2. The first kappa shape index (κ1) is 21.4. The molecule has 0 spiro atoms. The second-order valence-electron chi connectivity index (χ2n) is 8.45. The number of rotatable bonds is 3. The van der Waals surface area contributed by atoms with E-state index in [0.717, 1.165) is 34.5 Å². The van der Waals surface area contributed by atoms with Crippen LogP contribution in [0.1, 0.15) is 40.9 Å². The Morgan fingerprint density at radius 1 is 1.03 bits per heavy atom. The van der Waals surface area contributed by atoms with E-state index in [0.29, 0.717) is 17.3 Å². The summed E-state index contributed by atoms with van der Waals surface area (Å²) in [4.78, 5) is 15.6. The zero-order chi connectivity index (χ0) is 22.9. The molecule has 0 unspecified atom stereocenters. The molecule has 1 aliphatic rings. The summed E-state index contributed by atoms with van der Waals surface area (Å²) in [5, 5.41) is 3.71. The molecule has 4 nitrogen and oxygen atoms in total. The van der Waals surface area contributed by atoms with E-state index in [2.05, 4.69) is 65.5 Å². The van der Waals surface area contributed by atoms with Crippen LogP contribution in [0.25, 0.3) is 5.69 Å². The zero-order valence-electron chi connectivity index (χ0n) is 18.8. The van der Waals surface area contributed by atoms with Crippen LogP contribution in [0, 0.1) is 6.92 Å². The van der Waals surface area contributed by atoms with Gasteiger partial charge in [0.05, 0.1) is 18.3 Å². The van der Waals surface area contributed by atoms with Crippen LogP contribution in [0.15, 0.2) is 85.1 Å². The minimum absolute atomic E-state index is 0.163. The van der Waals surface area contributed by atoms with Crippen molar-refractivity contribution in [3.63, 3.8) is 0 Å². The maximum atomic E-state index is 13.7. The number of carbonyl (C=O) groups excluding carboxylic acids is 1. The number of anilines is 1. The molecule has 0 bridgehead atoms. The minimum Gasteiger partial charge on any atom is -0.318 e. The Morgan fingerprint density at radius 2 is 1.82 bits per heavy atom. The fraction of sp³-hybridized carbons (Fsp3) is 0.179. The van der Waals surface area contributed by atoms with Gasteiger partial charge in [-0.1, -0.05) is 67.1 Å². The van der Waals surface area contributed by atoms with Crippen LogP contribution in [0.5, 0.6) is 0 Å². The standard InChI is InChI=1S/C28H26ClN3O/c1-3-20-11-13-21(14-12-20)27-26-9-6-16-31(26)25-8-5-4-7-22(25)18-32(27)28(33)30-23-15-10-19(2)24(29)17-23/h4-17,27H,3,18H2,1-2H3,(H,30,33)/t27-/m0/s1. The van der Waals surface area contributed by atoms with Gasteiger partial charge < -0.3 is 14.8 Å². The van der Waals surface area contributed by atoms with E-state index in [1.54, 1.807) is 6.07 Å². The van der Waals surface area contributed by atoms with Gasteiger partial charge in [0.25, 0.3) is 0 Å². The Bertz CT molecular complexity index is 1310. The van der Waals surface area contributed by atoms with Crippen LogP contribution in [-0.4, -0.2) is 15.5 Å². The molecule has 0 saturated heterocycles. The fourth-order valence-electron chi connectivity index (χ4n) is 4.49. The van der Waals surface area contributed by atoms with Gasteiger partial charge in [-0.2, -0.15) is 0 Å². The van der Waals surface area contributed by atoms with Crippen LogP contribution in [-0.2, 0) is 13.0 Å².